The zero-order chi connectivity index (χ0) is 14.9. The predicted octanol–water partition coefficient (Wildman–Crippen LogP) is 3.50. The van der Waals surface area contributed by atoms with Crippen molar-refractivity contribution in [2.75, 3.05) is 14.2 Å². The second-order valence-corrected chi connectivity index (χ2v) is 5.73. The molecule has 0 amide bonds. The molecule has 0 unspecified atom stereocenters. The van der Waals surface area contributed by atoms with Crippen LogP contribution < -0.4 is 9.47 Å². The molecule has 1 fully saturated rings. The Hall–Kier alpha value is -1.30. The van der Waals surface area contributed by atoms with Gasteiger partial charge in [-0.3, -0.25) is 4.79 Å². The molecule has 1 aliphatic carbocycles. The fourth-order valence-electron chi connectivity index (χ4n) is 2.96. The van der Waals surface area contributed by atoms with Gasteiger partial charge < -0.3 is 14.6 Å². The molecule has 6 heteroatoms. The van der Waals surface area contributed by atoms with E-state index in [0.29, 0.717) is 23.1 Å². The van der Waals surface area contributed by atoms with E-state index in [1.807, 2.05) is 0 Å². The summed E-state index contributed by atoms with van der Waals surface area (Å²) in [5, 5.41) is 9.62. The maximum Gasteiger partial charge on any atom is 0.314 e. The van der Waals surface area contributed by atoms with Crippen LogP contribution in [0.15, 0.2) is 10.5 Å². The number of carboxylic acid groups (broad SMARTS) is 1. The van der Waals surface area contributed by atoms with Gasteiger partial charge in [0, 0.05) is 0 Å². The van der Waals surface area contributed by atoms with Crippen LogP contribution in [0.5, 0.6) is 11.5 Å². The van der Waals surface area contributed by atoms with E-state index in [9.17, 15) is 14.3 Å². The van der Waals surface area contributed by atoms with Crippen LogP contribution in [0, 0.1) is 5.82 Å². The van der Waals surface area contributed by atoms with Crippen molar-refractivity contribution in [3.63, 3.8) is 0 Å². The molecule has 4 nitrogen and oxygen atoms in total. The van der Waals surface area contributed by atoms with Gasteiger partial charge in [0.2, 0.25) is 0 Å². The molecule has 20 heavy (non-hydrogen) atoms. The second-order valence-electron chi connectivity index (χ2n) is 4.88. The van der Waals surface area contributed by atoms with Gasteiger partial charge in [-0.25, -0.2) is 4.39 Å². The zero-order valence-electron chi connectivity index (χ0n) is 11.3. The Labute approximate surface area is 125 Å². The summed E-state index contributed by atoms with van der Waals surface area (Å²) in [6.07, 6.45) is 2.32. The first-order valence-electron chi connectivity index (χ1n) is 6.31. The van der Waals surface area contributed by atoms with E-state index in [2.05, 4.69) is 15.9 Å². The number of ether oxygens (including phenoxy) is 2. The third kappa shape index (κ3) is 2.16. The Kier molecular flexibility index (Phi) is 4.22. The third-order valence-corrected chi connectivity index (χ3v) is 4.48. The van der Waals surface area contributed by atoms with Gasteiger partial charge in [-0.1, -0.05) is 12.8 Å². The van der Waals surface area contributed by atoms with Crippen LogP contribution in [0.1, 0.15) is 31.2 Å². The molecule has 0 aromatic heterocycles. The molecule has 0 atom stereocenters. The molecule has 1 aromatic carbocycles. The first kappa shape index (κ1) is 15.1. The van der Waals surface area contributed by atoms with Gasteiger partial charge >= 0.3 is 5.97 Å². The van der Waals surface area contributed by atoms with E-state index in [-0.39, 0.29) is 11.3 Å². The lowest BCUT2D eigenvalue weighted by Crippen LogP contribution is -2.34. The Morgan fingerprint density at radius 3 is 2.30 bits per heavy atom. The molecule has 1 saturated carbocycles. The second kappa shape index (κ2) is 5.60. The van der Waals surface area contributed by atoms with Crippen LogP contribution >= 0.6 is 15.9 Å². The molecule has 1 aromatic rings. The number of hydrogen-bond donors (Lipinski definition) is 1. The number of rotatable bonds is 4. The van der Waals surface area contributed by atoms with Crippen molar-refractivity contribution in [3.8, 4) is 11.5 Å². The summed E-state index contributed by atoms with van der Waals surface area (Å²) in [6.45, 7) is 0. The van der Waals surface area contributed by atoms with E-state index in [1.165, 1.54) is 20.3 Å². The quantitative estimate of drug-likeness (QED) is 0.906. The van der Waals surface area contributed by atoms with Crippen LogP contribution in [-0.4, -0.2) is 25.3 Å². The summed E-state index contributed by atoms with van der Waals surface area (Å²) in [5.41, 5.74) is -1.14. The summed E-state index contributed by atoms with van der Waals surface area (Å²) < 4.78 is 25.3. The van der Waals surface area contributed by atoms with Crippen molar-refractivity contribution in [1.29, 1.82) is 0 Å². The molecule has 1 aliphatic rings. The lowest BCUT2D eigenvalue weighted by Gasteiger charge is -2.28. The monoisotopic (exact) mass is 346 g/mol. The number of halogens is 2. The van der Waals surface area contributed by atoms with Crippen molar-refractivity contribution < 1.29 is 23.8 Å². The van der Waals surface area contributed by atoms with Gasteiger partial charge in [-0.15, -0.1) is 0 Å². The SMILES string of the molecule is COc1c(Br)cc(F)c(C2(C(=O)O)CCCC2)c1OC. The van der Waals surface area contributed by atoms with Crippen molar-refractivity contribution in [2.24, 2.45) is 0 Å². The number of carboxylic acids is 1. The average molecular weight is 347 g/mol. The van der Waals surface area contributed by atoms with Crippen LogP contribution in [0.3, 0.4) is 0 Å². The maximum absolute atomic E-state index is 14.4. The standard InChI is InChI=1S/C14H16BrFO4/c1-19-11-8(15)7-9(16)10(12(11)20-2)14(13(17)18)5-3-4-6-14/h7H,3-6H2,1-2H3,(H,17,18). The molecule has 0 radical (unpaired) electrons. The summed E-state index contributed by atoms with van der Waals surface area (Å²) in [5.74, 6) is -1.13. The van der Waals surface area contributed by atoms with Crippen molar-refractivity contribution >= 4 is 21.9 Å². The van der Waals surface area contributed by atoms with E-state index in [0.717, 1.165) is 12.8 Å². The van der Waals surface area contributed by atoms with Crippen LogP contribution in [0.2, 0.25) is 0 Å². The molecule has 0 bridgehead atoms. The van der Waals surface area contributed by atoms with Crippen molar-refractivity contribution in [2.45, 2.75) is 31.1 Å². The summed E-state index contributed by atoms with van der Waals surface area (Å²) in [6, 6.07) is 1.24. The van der Waals surface area contributed by atoms with Crippen LogP contribution in [0.4, 0.5) is 4.39 Å². The van der Waals surface area contributed by atoms with Crippen LogP contribution in [-0.2, 0) is 10.2 Å². The summed E-state index contributed by atoms with van der Waals surface area (Å²) in [7, 11) is 2.82. The first-order valence-corrected chi connectivity index (χ1v) is 7.11. The zero-order valence-corrected chi connectivity index (χ0v) is 12.9. The Morgan fingerprint density at radius 2 is 1.85 bits per heavy atom. The van der Waals surface area contributed by atoms with Gasteiger partial charge in [0.05, 0.1) is 29.7 Å². The molecular formula is C14H16BrFO4. The summed E-state index contributed by atoms with van der Waals surface area (Å²) >= 11 is 3.20. The average Bonchev–Trinajstić information content (AvgIpc) is 2.88. The molecule has 0 saturated heterocycles. The normalized spacial score (nSPS) is 17.0. The number of carbonyl (C=O) groups is 1. The number of hydrogen-bond acceptors (Lipinski definition) is 3. The smallest absolute Gasteiger partial charge is 0.314 e. The number of benzene rings is 1. The Bertz CT molecular complexity index is 538. The molecule has 110 valence electrons. The predicted molar refractivity (Wildman–Crippen MR) is 75.0 cm³/mol. The van der Waals surface area contributed by atoms with Crippen LogP contribution in [0.25, 0.3) is 0 Å². The summed E-state index contributed by atoms with van der Waals surface area (Å²) in [4.78, 5) is 11.8. The van der Waals surface area contributed by atoms with E-state index < -0.39 is 17.2 Å². The van der Waals surface area contributed by atoms with Gasteiger partial charge in [0.1, 0.15) is 5.82 Å². The molecule has 0 spiro atoms. The van der Waals surface area contributed by atoms with Crippen molar-refractivity contribution in [3.05, 3.63) is 21.9 Å². The van der Waals surface area contributed by atoms with Gasteiger partial charge in [-0.2, -0.15) is 0 Å². The topological polar surface area (TPSA) is 55.8 Å². The maximum atomic E-state index is 14.4. The Balaban J connectivity index is 2.75. The van der Waals surface area contributed by atoms with Crippen molar-refractivity contribution in [1.82, 2.24) is 0 Å². The fourth-order valence-corrected chi connectivity index (χ4v) is 3.50. The molecule has 0 aliphatic heterocycles. The minimum absolute atomic E-state index is 0.0880. The van der Waals surface area contributed by atoms with E-state index >= 15 is 0 Å². The highest BCUT2D eigenvalue weighted by Crippen LogP contribution is 2.50. The number of aliphatic carboxylic acids is 1. The molecule has 0 heterocycles. The molecule has 1 N–H and O–H groups in total. The molecule has 2 rings (SSSR count). The van der Waals surface area contributed by atoms with E-state index in [1.54, 1.807) is 0 Å². The van der Waals surface area contributed by atoms with Gasteiger partial charge in [-0.05, 0) is 34.8 Å². The third-order valence-electron chi connectivity index (χ3n) is 3.90. The highest BCUT2D eigenvalue weighted by Gasteiger charge is 2.47. The number of methoxy groups -OCH3 is 2. The lowest BCUT2D eigenvalue weighted by atomic mass is 9.78. The molecular weight excluding hydrogens is 331 g/mol. The Morgan fingerprint density at radius 1 is 1.30 bits per heavy atom. The first-order chi connectivity index (χ1) is 9.47. The fraction of sp³-hybridized carbons (Fsp3) is 0.500. The minimum atomic E-state index is -1.23. The van der Waals surface area contributed by atoms with E-state index in [4.69, 9.17) is 9.47 Å². The highest BCUT2D eigenvalue weighted by atomic mass is 79.9. The minimum Gasteiger partial charge on any atom is -0.492 e. The lowest BCUT2D eigenvalue weighted by molar-refractivity contribution is -0.143. The van der Waals surface area contributed by atoms with Gasteiger partial charge in [0.25, 0.3) is 0 Å². The highest BCUT2D eigenvalue weighted by molar-refractivity contribution is 9.10. The van der Waals surface area contributed by atoms with Gasteiger partial charge in [0.15, 0.2) is 11.5 Å². The largest absolute Gasteiger partial charge is 0.492 e.